The lowest BCUT2D eigenvalue weighted by atomic mass is 9.86. The van der Waals surface area contributed by atoms with Crippen LogP contribution in [0.2, 0.25) is 5.02 Å². The van der Waals surface area contributed by atoms with Crippen LogP contribution in [0, 0.1) is 24.2 Å². The van der Waals surface area contributed by atoms with Gasteiger partial charge in [0.1, 0.15) is 18.2 Å². The second-order valence-corrected chi connectivity index (χ2v) is 11.0. The van der Waals surface area contributed by atoms with E-state index in [2.05, 4.69) is 44.0 Å². The molecule has 0 spiro atoms. The van der Waals surface area contributed by atoms with E-state index in [1.54, 1.807) is 6.07 Å². The van der Waals surface area contributed by atoms with Gasteiger partial charge in [0.25, 0.3) is 0 Å². The lowest BCUT2D eigenvalue weighted by Crippen LogP contribution is -2.37. The van der Waals surface area contributed by atoms with Crippen molar-refractivity contribution in [1.29, 1.82) is 0 Å². The molecule has 7 heteroatoms. The number of nitrogens with one attached hydrogen (secondary N) is 1. The van der Waals surface area contributed by atoms with E-state index in [0.717, 1.165) is 48.5 Å². The van der Waals surface area contributed by atoms with Crippen LogP contribution in [0.15, 0.2) is 60.7 Å². The summed E-state index contributed by atoms with van der Waals surface area (Å²) in [6, 6.07) is 19.1. The highest BCUT2D eigenvalue weighted by Gasteiger charge is 2.31. The van der Waals surface area contributed by atoms with Crippen molar-refractivity contribution in [2.45, 2.75) is 38.4 Å². The third-order valence-corrected chi connectivity index (χ3v) is 8.08. The van der Waals surface area contributed by atoms with Gasteiger partial charge in [-0.15, -0.1) is 0 Å². The molecule has 1 unspecified atom stereocenters. The van der Waals surface area contributed by atoms with Crippen LogP contribution in [0.25, 0.3) is 27.0 Å². The maximum Gasteiger partial charge on any atom is 0.187 e. The molecule has 0 amide bonds. The Labute approximate surface area is 227 Å². The summed E-state index contributed by atoms with van der Waals surface area (Å²) in [6.07, 6.45) is 4.86. The number of piperidine rings is 1. The molecule has 2 fully saturated rings. The highest BCUT2D eigenvalue weighted by molar-refractivity contribution is 6.31. The number of imidazole rings is 1. The van der Waals surface area contributed by atoms with Crippen LogP contribution in [-0.4, -0.2) is 34.5 Å². The van der Waals surface area contributed by atoms with Gasteiger partial charge < -0.3 is 14.6 Å². The molecule has 1 N–H and O–H groups in total. The molecule has 2 aliphatic rings. The van der Waals surface area contributed by atoms with Crippen LogP contribution < -0.4 is 0 Å². The van der Waals surface area contributed by atoms with Gasteiger partial charge >= 0.3 is 0 Å². The summed E-state index contributed by atoms with van der Waals surface area (Å²) in [4.78, 5) is 13.9. The van der Waals surface area contributed by atoms with Crippen molar-refractivity contribution < 1.29 is 9.13 Å². The number of halogens is 2. The Morgan fingerprint density at radius 1 is 1.05 bits per heavy atom. The summed E-state index contributed by atoms with van der Waals surface area (Å²) in [7, 11) is 0. The van der Waals surface area contributed by atoms with Crippen molar-refractivity contribution in [3.8, 4) is 11.1 Å². The Morgan fingerprint density at radius 3 is 2.58 bits per heavy atom. The smallest absolute Gasteiger partial charge is 0.187 e. The average molecular weight is 529 g/mol. The molecule has 0 bridgehead atoms. The zero-order valence-corrected chi connectivity index (χ0v) is 21.9. The Kier molecular flexibility index (Phi) is 7.16. The van der Waals surface area contributed by atoms with Crippen molar-refractivity contribution >= 4 is 28.3 Å². The van der Waals surface area contributed by atoms with Crippen LogP contribution >= 0.6 is 11.6 Å². The molecule has 5 nitrogen and oxygen atoms in total. The van der Waals surface area contributed by atoms with E-state index in [0.29, 0.717) is 35.1 Å². The normalized spacial score (nSPS) is 17.5. The van der Waals surface area contributed by atoms with Gasteiger partial charge in [0.05, 0.1) is 28.7 Å². The quantitative estimate of drug-likeness (QED) is 0.236. The molecular weight excluding hydrogens is 499 g/mol. The number of aromatic nitrogens is 2. The highest BCUT2D eigenvalue weighted by Crippen LogP contribution is 2.37. The van der Waals surface area contributed by atoms with E-state index in [9.17, 15) is 4.39 Å². The van der Waals surface area contributed by atoms with E-state index in [-0.39, 0.29) is 11.1 Å². The third kappa shape index (κ3) is 5.61. The number of rotatable bonds is 8. The van der Waals surface area contributed by atoms with Crippen LogP contribution in [0.4, 0.5) is 10.1 Å². The Bertz CT molecular complexity index is 1430. The second kappa shape index (κ2) is 10.9. The largest absolute Gasteiger partial charge is 0.365 e. The fourth-order valence-electron chi connectivity index (χ4n) is 5.52. The maximum absolute atomic E-state index is 13.9. The number of hydrogen-bond acceptors (Lipinski definition) is 3. The molecule has 1 atom stereocenters. The molecule has 2 heterocycles. The summed E-state index contributed by atoms with van der Waals surface area (Å²) in [5.74, 6) is 1.50. The summed E-state index contributed by atoms with van der Waals surface area (Å²) in [6.45, 7) is 11.0. The Morgan fingerprint density at radius 2 is 1.84 bits per heavy atom. The van der Waals surface area contributed by atoms with Gasteiger partial charge in [-0.25, -0.2) is 14.2 Å². The van der Waals surface area contributed by atoms with Crippen LogP contribution in [0.3, 0.4) is 0 Å². The molecular formula is C31H30ClFN4O. The van der Waals surface area contributed by atoms with E-state index >= 15 is 0 Å². The number of fused-ring (bicyclic) bond motifs is 1. The van der Waals surface area contributed by atoms with Crippen molar-refractivity contribution in [1.82, 2.24) is 14.9 Å². The first-order valence-corrected chi connectivity index (χ1v) is 13.7. The maximum atomic E-state index is 13.9. The van der Waals surface area contributed by atoms with Crippen molar-refractivity contribution in [3.05, 3.63) is 94.3 Å². The van der Waals surface area contributed by atoms with Gasteiger partial charge in [0.2, 0.25) is 0 Å². The molecule has 0 radical (unpaired) electrons. The second-order valence-electron chi connectivity index (χ2n) is 10.6. The number of H-pyrrole nitrogens is 1. The van der Waals surface area contributed by atoms with Gasteiger partial charge in [-0.1, -0.05) is 54.1 Å². The number of aromatic amines is 1. The standard InChI is InChI=1S/C31H30ClFN4O/c1-34-25-4-2-3-24(15-25)21-7-9-22(10-8-21)31(23-11-13-37(14-12-23)18-20-5-6-20)38-19-30-35-28-16-26(32)27(33)17-29(28)36-30/h2-4,7-10,15-17,20,23,31H,5-6,11-14,18-19H2,(H,35,36). The SMILES string of the molecule is [C-]#[N+]c1cccc(-c2ccc(C(OCc3nc4cc(Cl)c(F)cc4[nH]3)C3CCN(CC4CC4)CC3)cc2)c1. The molecule has 1 aliphatic heterocycles. The first-order valence-electron chi connectivity index (χ1n) is 13.3. The van der Waals surface area contributed by atoms with E-state index in [4.69, 9.17) is 22.9 Å². The Hall–Kier alpha value is -3.24. The third-order valence-electron chi connectivity index (χ3n) is 7.79. The van der Waals surface area contributed by atoms with Crippen LogP contribution in [0.5, 0.6) is 0 Å². The zero-order chi connectivity index (χ0) is 26.1. The predicted octanol–water partition coefficient (Wildman–Crippen LogP) is 7.95. The molecule has 3 aromatic carbocycles. The summed E-state index contributed by atoms with van der Waals surface area (Å²) >= 11 is 5.95. The Balaban J connectivity index is 1.22. The summed E-state index contributed by atoms with van der Waals surface area (Å²) in [5, 5.41) is 0.0642. The molecule has 1 saturated carbocycles. The lowest BCUT2D eigenvalue weighted by Gasteiger charge is -2.36. The average Bonchev–Trinajstić information content (AvgIpc) is 3.68. The molecule has 6 rings (SSSR count). The zero-order valence-electron chi connectivity index (χ0n) is 21.2. The van der Waals surface area contributed by atoms with Crippen molar-refractivity contribution in [2.24, 2.45) is 11.8 Å². The summed E-state index contributed by atoms with van der Waals surface area (Å²) in [5.41, 5.74) is 5.13. The van der Waals surface area contributed by atoms with E-state index < -0.39 is 5.82 Å². The minimum atomic E-state index is -0.465. The van der Waals surface area contributed by atoms with E-state index in [1.807, 2.05) is 24.3 Å². The monoisotopic (exact) mass is 528 g/mol. The number of likely N-dealkylation sites (tertiary alicyclic amines) is 1. The highest BCUT2D eigenvalue weighted by atomic mass is 35.5. The molecule has 194 valence electrons. The van der Waals surface area contributed by atoms with Gasteiger partial charge in [-0.3, -0.25) is 0 Å². The fraction of sp³-hybridized carbons (Fsp3) is 0.355. The molecule has 1 saturated heterocycles. The fourth-order valence-corrected chi connectivity index (χ4v) is 5.68. The number of ether oxygens (including phenoxy) is 1. The van der Waals surface area contributed by atoms with Crippen molar-refractivity contribution in [3.63, 3.8) is 0 Å². The number of hydrogen-bond donors (Lipinski definition) is 1. The van der Waals surface area contributed by atoms with Crippen LogP contribution in [0.1, 0.15) is 43.2 Å². The van der Waals surface area contributed by atoms with Gasteiger partial charge in [-0.05, 0) is 79.4 Å². The van der Waals surface area contributed by atoms with Gasteiger partial charge in [-0.2, -0.15) is 0 Å². The van der Waals surface area contributed by atoms with Gasteiger partial charge in [0, 0.05) is 12.6 Å². The number of nitrogens with zero attached hydrogens (tertiary/aromatic N) is 3. The number of benzene rings is 3. The topological polar surface area (TPSA) is 45.5 Å². The molecule has 4 aromatic rings. The van der Waals surface area contributed by atoms with Gasteiger partial charge in [0.15, 0.2) is 5.69 Å². The lowest BCUT2D eigenvalue weighted by molar-refractivity contribution is -0.0239. The summed E-state index contributed by atoms with van der Waals surface area (Å²) < 4.78 is 20.5. The van der Waals surface area contributed by atoms with Crippen molar-refractivity contribution in [2.75, 3.05) is 19.6 Å². The minimum absolute atomic E-state index is 0.0642. The first kappa shape index (κ1) is 25.1. The molecule has 1 aromatic heterocycles. The molecule has 1 aliphatic carbocycles. The first-order chi connectivity index (χ1) is 18.6. The molecule has 38 heavy (non-hydrogen) atoms. The van der Waals surface area contributed by atoms with E-state index in [1.165, 1.54) is 25.5 Å². The van der Waals surface area contributed by atoms with Crippen LogP contribution in [-0.2, 0) is 11.3 Å². The predicted molar refractivity (Wildman–Crippen MR) is 149 cm³/mol. The minimum Gasteiger partial charge on any atom is -0.365 e.